The number of ether oxygens (including phenoxy) is 4. The first kappa shape index (κ1) is 42.5. The Hall–Kier alpha value is -4.27. The second-order valence-corrected chi connectivity index (χ2v) is 14.4. The molecular formula is C38H51Cl2N5O9. The average Bonchev–Trinajstić information content (AvgIpc) is 3.71. The highest BCUT2D eigenvalue weighted by atomic mass is 35.5. The zero-order valence-corrected chi connectivity index (χ0v) is 32.7. The molecule has 0 radical (unpaired) electrons. The molecule has 296 valence electrons. The number of Topliss-reactive ketones (excluding diaryl/α,β-unsaturated/α-hetero) is 1. The molecule has 4 fully saturated rings. The van der Waals surface area contributed by atoms with E-state index in [2.05, 4.69) is 10.6 Å². The second kappa shape index (κ2) is 19.9. The molecule has 4 aliphatic heterocycles. The number of rotatable bonds is 7. The zero-order valence-electron chi connectivity index (χ0n) is 31.2. The Bertz CT molecular complexity index is 1540. The second-order valence-electron chi connectivity index (χ2n) is 13.1. The van der Waals surface area contributed by atoms with Crippen LogP contribution in [0.15, 0.2) is 60.7 Å². The van der Waals surface area contributed by atoms with Crippen LogP contribution in [0.5, 0.6) is 0 Å². The van der Waals surface area contributed by atoms with Gasteiger partial charge in [0.15, 0.2) is 0 Å². The van der Waals surface area contributed by atoms with Crippen LogP contribution in [0.1, 0.15) is 59.3 Å². The molecule has 54 heavy (non-hydrogen) atoms. The molecule has 0 aromatic heterocycles. The van der Waals surface area contributed by atoms with Crippen LogP contribution in [0.4, 0.5) is 25.8 Å². The summed E-state index contributed by atoms with van der Waals surface area (Å²) < 4.78 is 19.0. The van der Waals surface area contributed by atoms with Gasteiger partial charge in [-0.1, -0.05) is 59.6 Å². The normalized spacial score (nSPS) is 19.1. The molecule has 0 unspecified atom stereocenters. The number of hydrogen-bond acceptors (Lipinski definition) is 10. The first-order chi connectivity index (χ1) is 25.9. The predicted octanol–water partition coefficient (Wildman–Crippen LogP) is 6.68. The lowest BCUT2D eigenvalue weighted by atomic mass is 9.86. The van der Waals surface area contributed by atoms with Gasteiger partial charge in [-0.15, -0.1) is 0 Å². The van der Waals surface area contributed by atoms with Crippen LogP contribution in [-0.2, 0) is 28.5 Å². The number of nitrogens with zero attached hydrogens (tertiary/aromatic N) is 3. The van der Waals surface area contributed by atoms with Gasteiger partial charge in [0, 0.05) is 63.5 Å². The Morgan fingerprint density at radius 1 is 0.648 bits per heavy atom. The Kier molecular flexibility index (Phi) is 15.6. The third-order valence-electron chi connectivity index (χ3n) is 9.52. The average molecular weight is 793 g/mol. The van der Waals surface area contributed by atoms with Gasteiger partial charge in [0.2, 0.25) is 10.4 Å². The van der Waals surface area contributed by atoms with Gasteiger partial charge in [-0.25, -0.2) is 14.4 Å². The van der Waals surface area contributed by atoms with Gasteiger partial charge in [-0.3, -0.25) is 9.59 Å². The summed E-state index contributed by atoms with van der Waals surface area (Å²) >= 11 is 11.7. The Morgan fingerprint density at radius 2 is 1.04 bits per heavy atom. The predicted molar refractivity (Wildman–Crippen MR) is 205 cm³/mol. The number of piperidine rings is 3. The van der Waals surface area contributed by atoms with Crippen LogP contribution in [0.3, 0.4) is 0 Å². The Labute approximate surface area is 326 Å². The van der Waals surface area contributed by atoms with E-state index >= 15 is 0 Å². The maximum atomic E-state index is 13.2. The van der Waals surface area contributed by atoms with Crippen molar-refractivity contribution in [2.75, 3.05) is 69.7 Å². The van der Waals surface area contributed by atoms with Crippen LogP contribution in [0.2, 0.25) is 0 Å². The Balaban J connectivity index is 0.000000202. The smallest absolute Gasteiger partial charge is 0.409 e. The number of amides is 4. The fourth-order valence-electron chi connectivity index (χ4n) is 6.30. The summed E-state index contributed by atoms with van der Waals surface area (Å²) in [5, 5.41) is 6.42. The summed E-state index contributed by atoms with van der Waals surface area (Å²) in [5.41, 5.74) is 0.411. The molecule has 6 rings (SSSR count). The summed E-state index contributed by atoms with van der Waals surface area (Å²) in [6.45, 7) is 9.59. The van der Waals surface area contributed by atoms with Crippen LogP contribution in [-0.4, -0.2) is 119 Å². The molecule has 4 amide bonds. The van der Waals surface area contributed by atoms with Crippen LogP contribution in [0.25, 0.3) is 0 Å². The SMILES string of the molecule is CCOC(=O)N1CCC(=O)CC1.CCOC(=O)N1CCC(Nc2ccccc2)(C(=O)Nc2ccccc2)CC1.CCOC(=O)N1CCC2(CC1)OC2(Cl)Cl. The molecule has 16 heteroatoms. The number of likely N-dealkylation sites (tertiary alicyclic amines) is 3. The molecule has 0 saturated carbocycles. The highest BCUT2D eigenvalue weighted by Crippen LogP contribution is 2.60. The van der Waals surface area contributed by atoms with Crippen molar-refractivity contribution in [2.24, 2.45) is 0 Å². The number of ketones is 1. The fraction of sp³-hybridized carbons (Fsp3) is 0.553. The zero-order chi connectivity index (χ0) is 39.2. The highest BCUT2D eigenvalue weighted by Gasteiger charge is 2.69. The highest BCUT2D eigenvalue weighted by molar-refractivity contribution is 6.50. The van der Waals surface area contributed by atoms with E-state index in [1.807, 2.05) is 60.7 Å². The maximum absolute atomic E-state index is 13.2. The van der Waals surface area contributed by atoms with Gasteiger partial charge in [-0.05, 0) is 70.7 Å². The molecule has 2 N–H and O–H groups in total. The molecule has 14 nitrogen and oxygen atoms in total. The van der Waals surface area contributed by atoms with E-state index in [0.717, 1.165) is 11.4 Å². The first-order valence-corrected chi connectivity index (χ1v) is 19.2. The van der Waals surface area contributed by atoms with E-state index in [-0.39, 0.29) is 30.0 Å². The van der Waals surface area contributed by atoms with E-state index in [1.165, 1.54) is 0 Å². The molecule has 0 bridgehead atoms. The molecule has 0 aliphatic carbocycles. The van der Waals surface area contributed by atoms with Crippen molar-refractivity contribution in [3.05, 3.63) is 60.7 Å². The summed E-state index contributed by atoms with van der Waals surface area (Å²) in [6, 6.07) is 19.1. The number of carbonyl (C=O) groups excluding carboxylic acids is 5. The van der Waals surface area contributed by atoms with E-state index in [0.29, 0.717) is 97.6 Å². The van der Waals surface area contributed by atoms with E-state index in [4.69, 9.17) is 42.1 Å². The molecule has 2 aromatic carbocycles. The number of epoxide rings is 1. The molecule has 0 atom stereocenters. The van der Waals surface area contributed by atoms with Crippen LogP contribution < -0.4 is 10.6 Å². The summed E-state index contributed by atoms with van der Waals surface area (Å²) in [7, 11) is 0. The van der Waals surface area contributed by atoms with Crippen LogP contribution in [0, 0.1) is 0 Å². The van der Waals surface area contributed by atoms with Gasteiger partial charge < -0.3 is 44.3 Å². The Morgan fingerprint density at radius 3 is 1.44 bits per heavy atom. The third-order valence-corrected chi connectivity index (χ3v) is 10.4. The van der Waals surface area contributed by atoms with E-state index < -0.39 is 15.7 Å². The minimum atomic E-state index is -1.05. The van der Waals surface area contributed by atoms with Crippen molar-refractivity contribution in [3.8, 4) is 0 Å². The van der Waals surface area contributed by atoms with Crippen molar-refractivity contribution in [1.29, 1.82) is 0 Å². The van der Waals surface area contributed by atoms with Crippen molar-refractivity contribution in [3.63, 3.8) is 0 Å². The van der Waals surface area contributed by atoms with Crippen molar-refractivity contribution in [2.45, 2.75) is 75.0 Å². The van der Waals surface area contributed by atoms with Crippen molar-refractivity contribution in [1.82, 2.24) is 14.7 Å². The summed E-state index contributed by atoms with van der Waals surface area (Å²) in [6.07, 6.45) is 2.37. The molecular weight excluding hydrogens is 741 g/mol. The van der Waals surface area contributed by atoms with Gasteiger partial charge in [0.05, 0.1) is 19.8 Å². The van der Waals surface area contributed by atoms with E-state index in [1.54, 1.807) is 35.5 Å². The minimum Gasteiger partial charge on any atom is -0.450 e. The minimum absolute atomic E-state index is 0.0962. The maximum Gasteiger partial charge on any atom is 0.409 e. The van der Waals surface area contributed by atoms with Crippen molar-refractivity contribution < 1.29 is 42.9 Å². The number of anilines is 2. The van der Waals surface area contributed by atoms with E-state index in [9.17, 15) is 24.0 Å². The molecule has 4 aliphatic rings. The largest absolute Gasteiger partial charge is 0.450 e. The quantitative estimate of drug-likeness (QED) is 0.176. The molecule has 4 saturated heterocycles. The summed E-state index contributed by atoms with van der Waals surface area (Å²) in [4.78, 5) is 63.4. The lowest BCUT2D eigenvalue weighted by molar-refractivity contribution is -0.122. The number of carbonyl (C=O) groups is 5. The number of hydrogen-bond donors (Lipinski definition) is 2. The molecule has 1 spiro atoms. The number of alkyl halides is 2. The van der Waals surface area contributed by atoms with Crippen molar-refractivity contribution >= 4 is 64.5 Å². The topological polar surface area (TPSA) is 159 Å². The van der Waals surface area contributed by atoms with Crippen LogP contribution >= 0.6 is 23.2 Å². The van der Waals surface area contributed by atoms with Gasteiger partial charge >= 0.3 is 18.3 Å². The first-order valence-electron chi connectivity index (χ1n) is 18.4. The molecule has 4 heterocycles. The number of halogens is 2. The van der Waals surface area contributed by atoms with Gasteiger partial charge in [0.25, 0.3) is 0 Å². The van der Waals surface area contributed by atoms with Gasteiger partial charge in [-0.2, -0.15) is 0 Å². The third kappa shape index (κ3) is 11.6. The number of benzene rings is 2. The standard InChI is InChI=1S/C21H25N3O3.C9H13Cl2NO3.C8H13NO3/c1-2-27-20(26)24-15-13-21(14-16-24,23-18-11-7-4-8-12-18)19(25)22-17-9-5-3-6-10-17;1-2-14-7(13)12-5-3-8(4-6-12)9(10,11)15-8;1-2-12-8(11)9-5-3-7(10)4-6-9/h3-12,23H,2,13-16H2,1H3,(H,22,25);2-6H2,1H3;2-6H2,1H3. The number of nitrogens with one attached hydrogen (secondary N) is 2. The molecule has 2 aromatic rings. The number of para-hydroxylation sites is 2. The lowest BCUT2D eigenvalue weighted by Gasteiger charge is -2.41. The fourth-order valence-corrected chi connectivity index (χ4v) is 6.97. The monoisotopic (exact) mass is 791 g/mol. The lowest BCUT2D eigenvalue weighted by Crippen LogP contribution is -2.57. The summed E-state index contributed by atoms with van der Waals surface area (Å²) in [5.74, 6) is 0.136. The van der Waals surface area contributed by atoms with Gasteiger partial charge in [0.1, 0.15) is 16.9 Å².